The Morgan fingerprint density at radius 2 is 2.07 bits per heavy atom. The van der Waals surface area contributed by atoms with E-state index in [1.807, 2.05) is 30.3 Å². The molecule has 1 saturated heterocycles. The fourth-order valence-electron chi connectivity index (χ4n) is 3.53. The number of hydrogen-bond donors (Lipinski definition) is 1. The molecule has 6 nitrogen and oxygen atoms in total. The van der Waals surface area contributed by atoms with Crippen molar-refractivity contribution in [1.29, 1.82) is 0 Å². The molecule has 1 fully saturated rings. The lowest BCUT2D eigenvalue weighted by atomic mass is 9.96. The number of hydrogen-bond acceptors (Lipinski definition) is 4. The van der Waals surface area contributed by atoms with Crippen LogP contribution in [0.5, 0.6) is 0 Å². The van der Waals surface area contributed by atoms with Gasteiger partial charge >= 0.3 is 0 Å². The third-order valence-electron chi connectivity index (χ3n) is 5.21. The summed E-state index contributed by atoms with van der Waals surface area (Å²) in [6, 6.07) is 11.5. The summed E-state index contributed by atoms with van der Waals surface area (Å²) in [6.07, 6.45) is 4.56. The Kier molecular flexibility index (Phi) is 6.85. The van der Waals surface area contributed by atoms with Gasteiger partial charge in [-0.25, -0.2) is 4.68 Å². The van der Waals surface area contributed by atoms with E-state index in [2.05, 4.69) is 29.2 Å². The minimum absolute atomic E-state index is 0.0346. The molecule has 1 aliphatic rings. The summed E-state index contributed by atoms with van der Waals surface area (Å²) in [7, 11) is 0. The van der Waals surface area contributed by atoms with Crippen molar-refractivity contribution in [3.63, 3.8) is 0 Å². The molecule has 0 spiro atoms. The molecule has 1 atom stereocenters. The van der Waals surface area contributed by atoms with Crippen LogP contribution in [0.4, 0.5) is 5.69 Å². The van der Waals surface area contributed by atoms with Crippen molar-refractivity contribution in [1.82, 2.24) is 15.1 Å². The normalized spacial score (nSPS) is 17.0. The lowest BCUT2D eigenvalue weighted by Gasteiger charge is -2.33. The van der Waals surface area contributed by atoms with Crippen LogP contribution >= 0.6 is 0 Å². The molecule has 0 aliphatic carbocycles. The summed E-state index contributed by atoms with van der Waals surface area (Å²) < 4.78 is 1.47. The highest BCUT2D eigenvalue weighted by atomic mass is 16.2. The fraction of sp³-hybridized carbons (Fsp3) is 0.500. The number of nitrogens with zero attached hydrogens (tertiary/aromatic N) is 3. The minimum Gasteiger partial charge on any atom is -0.369 e. The van der Waals surface area contributed by atoms with Gasteiger partial charge in [-0.2, -0.15) is 5.10 Å². The molecule has 150 valence electrons. The van der Waals surface area contributed by atoms with Gasteiger partial charge < -0.3 is 10.2 Å². The van der Waals surface area contributed by atoms with Gasteiger partial charge in [0, 0.05) is 25.7 Å². The number of piperidine rings is 1. The number of nitrogens with one attached hydrogen (secondary N) is 1. The quantitative estimate of drug-likeness (QED) is 0.799. The van der Waals surface area contributed by atoms with Crippen LogP contribution in [0.2, 0.25) is 0 Å². The lowest BCUT2D eigenvalue weighted by molar-refractivity contribution is -0.125. The van der Waals surface area contributed by atoms with Gasteiger partial charge in [0.15, 0.2) is 0 Å². The Morgan fingerprint density at radius 3 is 2.79 bits per heavy atom. The van der Waals surface area contributed by atoms with Crippen molar-refractivity contribution in [2.75, 3.05) is 24.5 Å². The van der Waals surface area contributed by atoms with Gasteiger partial charge in [-0.1, -0.05) is 44.2 Å². The standard InChI is InChI=1S/C22H30N4O2/c1-17(2)10-11-23-22(28)19-9-6-12-25(16-19)20-13-21(27)26(24-14-20)15-18-7-4-3-5-8-18/h3-5,7-8,13-14,17,19H,6,9-12,15-16H2,1-2H3,(H,23,28)/t19-/m1/s1. The number of rotatable bonds is 7. The molecule has 0 unspecified atom stereocenters. The van der Waals surface area contributed by atoms with Gasteiger partial charge in [-0.15, -0.1) is 0 Å². The van der Waals surface area contributed by atoms with Crippen molar-refractivity contribution in [3.05, 3.63) is 58.5 Å². The largest absolute Gasteiger partial charge is 0.369 e. The van der Waals surface area contributed by atoms with Gasteiger partial charge in [0.2, 0.25) is 5.91 Å². The van der Waals surface area contributed by atoms with Crippen LogP contribution in [-0.4, -0.2) is 35.3 Å². The van der Waals surface area contributed by atoms with Gasteiger partial charge in [-0.05, 0) is 30.7 Å². The van der Waals surface area contributed by atoms with Crippen LogP contribution in [0, 0.1) is 11.8 Å². The molecular formula is C22H30N4O2. The van der Waals surface area contributed by atoms with Crippen molar-refractivity contribution in [2.45, 2.75) is 39.7 Å². The van der Waals surface area contributed by atoms with E-state index < -0.39 is 0 Å². The SMILES string of the molecule is CC(C)CCNC(=O)[C@@H]1CCCN(c2cnn(Cc3ccccc3)c(=O)c2)C1. The third kappa shape index (κ3) is 5.44. The second-order valence-electron chi connectivity index (χ2n) is 7.95. The van der Waals surface area contributed by atoms with Crippen molar-refractivity contribution in [3.8, 4) is 0 Å². The summed E-state index contributed by atoms with van der Waals surface area (Å²) in [5.41, 5.74) is 1.72. The predicted octanol–water partition coefficient (Wildman–Crippen LogP) is 2.67. The first kappa shape index (κ1) is 20.1. The van der Waals surface area contributed by atoms with E-state index in [0.29, 0.717) is 19.0 Å². The Balaban J connectivity index is 1.62. The smallest absolute Gasteiger partial charge is 0.269 e. The topological polar surface area (TPSA) is 67.2 Å². The van der Waals surface area contributed by atoms with Crippen LogP contribution < -0.4 is 15.8 Å². The Morgan fingerprint density at radius 1 is 1.29 bits per heavy atom. The van der Waals surface area contributed by atoms with Crippen molar-refractivity contribution < 1.29 is 4.79 Å². The second kappa shape index (κ2) is 9.53. The molecule has 2 heterocycles. The molecule has 6 heteroatoms. The van der Waals surface area contributed by atoms with E-state index in [-0.39, 0.29) is 17.4 Å². The van der Waals surface area contributed by atoms with Crippen LogP contribution in [0.3, 0.4) is 0 Å². The highest BCUT2D eigenvalue weighted by Gasteiger charge is 2.26. The van der Waals surface area contributed by atoms with E-state index in [4.69, 9.17) is 0 Å². The highest BCUT2D eigenvalue weighted by molar-refractivity contribution is 5.79. The number of benzene rings is 1. The number of aromatic nitrogens is 2. The average Bonchev–Trinajstić information content (AvgIpc) is 2.70. The Hall–Kier alpha value is -2.63. The van der Waals surface area contributed by atoms with Gasteiger partial charge in [0.05, 0.1) is 24.3 Å². The number of carbonyl (C=O) groups is 1. The van der Waals surface area contributed by atoms with Gasteiger partial charge in [-0.3, -0.25) is 9.59 Å². The fourth-order valence-corrected chi connectivity index (χ4v) is 3.53. The predicted molar refractivity (Wildman–Crippen MR) is 111 cm³/mol. The van der Waals surface area contributed by atoms with E-state index in [0.717, 1.165) is 43.6 Å². The maximum atomic E-state index is 12.5. The van der Waals surface area contributed by atoms with Crippen LogP contribution in [0.25, 0.3) is 0 Å². The average molecular weight is 383 g/mol. The minimum atomic E-state index is -0.120. The molecule has 1 N–H and O–H groups in total. The second-order valence-corrected chi connectivity index (χ2v) is 7.95. The molecule has 0 radical (unpaired) electrons. The van der Waals surface area contributed by atoms with Crippen molar-refractivity contribution in [2.24, 2.45) is 11.8 Å². The Labute approximate surface area is 166 Å². The molecule has 1 aromatic heterocycles. The highest BCUT2D eigenvalue weighted by Crippen LogP contribution is 2.22. The maximum Gasteiger partial charge on any atom is 0.269 e. The van der Waals surface area contributed by atoms with Crippen LogP contribution in [0.1, 0.15) is 38.7 Å². The van der Waals surface area contributed by atoms with E-state index in [1.54, 1.807) is 12.3 Å². The van der Waals surface area contributed by atoms with Gasteiger partial charge in [0.1, 0.15) is 0 Å². The summed E-state index contributed by atoms with van der Waals surface area (Å²) in [4.78, 5) is 27.1. The molecule has 0 saturated carbocycles. The van der Waals surface area contributed by atoms with E-state index in [1.165, 1.54) is 4.68 Å². The summed E-state index contributed by atoms with van der Waals surface area (Å²) in [5, 5.41) is 7.41. The first-order valence-corrected chi connectivity index (χ1v) is 10.2. The number of amides is 1. The first-order chi connectivity index (χ1) is 13.5. The van der Waals surface area contributed by atoms with Crippen LogP contribution in [0.15, 0.2) is 47.4 Å². The molecule has 3 rings (SSSR count). The zero-order valence-electron chi connectivity index (χ0n) is 16.8. The number of carbonyl (C=O) groups excluding carboxylic acids is 1. The number of anilines is 1. The molecule has 2 aromatic rings. The maximum absolute atomic E-state index is 12.5. The Bertz CT molecular complexity index is 832. The van der Waals surface area contributed by atoms with Crippen LogP contribution in [-0.2, 0) is 11.3 Å². The monoisotopic (exact) mass is 382 g/mol. The molecule has 1 aromatic carbocycles. The first-order valence-electron chi connectivity index (χ1n) is 10.2. The molecule has 1 aliphatic heterocycles. The third-order valence-corrected chi connectivity index (χ3v) is 5.21. The van der Waals surface area contributed by atoms with Gasteiger partial charge in [0.25, 0.3) is 5.56 Å². The lowest BCUT2D eigenvalue weighted by Crippen LogP contribution is -2.44. The van der Waals surface area contributed by atoms with Crippen molar-refractivity contribution >= 4 is 11.6 Å². The molecule has 28 heavy (non-hydrogen) atoms. The van der Waals surface area contributed by atoms with E-state index in [9.17, 15) is 9.59 Å². The van der Waals surface area contributed by atoms with E-state index >= 15 is 0 Å². The summed E-state index contributed by atoms with van der Waals surface area (Å²) in [6.45, 7) is 6.98. The zero-order chi connectivity index (χ0) is 19.9. The molecule has 1 amide bonds. The zero-order valence-corrected chi connectivity index (χ0v) is 16.8. The summed E-state index contributed by atoms with van der Waals surface area (Å²) >= 11 is 0. The molecular weight excluding hydrogens is 352 g/mol. The molecule has 0 bridgehead atoms. The summed E-state index contributed by atoms with van der Waals surface area (Å²) in [5.74, 6) is 0.667.